The van der Waals surface area contributed by atoms with E-state index in [-0.39, 0.29) is 43.1 Å². The highest BCUT2D eigenvalue weighted by Gasteiger charge is 2.47. The highest BCUT2D eigenvalue weighted by Crippen LogP contribution is 2.48. The molecule has 2 amide bonds. The van der Waals surface area contributed by atoms with E-state index in [1.54, 1.807) is 21.8 Å². The first-order chi connectivity index (χ1) is 25.5. The maximum absolute atomic E-state index is 13.6. The number of carbonyl (C=O) groups is 2. The Labute approximate surface area is 319 Å². The van der Waals surface area contributed by atoms with Crippen LogP contribution >= 0.6 is 11.6 Å². The van der Waals surface area contributed by atoms with Crippen molar-refractivity contribution in [1.29, 1.82) is 0 Å². The number of ether oxygens (including phenoxy) is 2. The van der Waals surface area contributed by atoms with Gasteiger partial charge in [0.15, 0.2) is 5.60 Å². The standard InChI is InChI=1S/C38H48ClF2N5O7S/c1-44-14-3-2-6-32(52-16-15-45-22-37(40,41)23-45)29-10-7-26(29)20-46-21-36(13-4-5-25-17-28(39)9-11-30(25)36)24-53-33-12-8-27(18-31(33)46)38(49,19-34(44)47)35(48)43-54(42,50)51/h2,6,8-9,11-12,17-18,26,29,32,49H,3-5,7,10,13-16,19-24H2,1H3,(H,43,48)(H2,42,50,51)/b6-2+/t26-,29+,32-,36-,38+/m0/s1. The molecule has 2 aromatic carbocycles. The number of hydrogen-bond donors (Lipinski definition) is 3. The van der Waals surface area contributed by atoms with E-state index < -0.39 is 45.4 Å². The number of halogens is 3. The summed E-state index contributed by atoms with van der Waals surface area (Å²) < 4.78 is 65.8. The fraction of sp³-hybridized carbons (Fsp3) is 0.579. The van der Waals surface area contributed by atoms with Crippen LogP contribution in [-0.2, 0) is 42.0 Å². The number of fused-ring (bicyclic) bond motifs is 4. The van der Waals surface area contributed by atoms with Gasteiger partial charge < -0.3 is 24.4 Å². The van der Waals surface area contributed by atoms with Gasteiger partial charge in [-0.1, -0.05) is 35.9 Å². The Morgan fingerprint density at radius 1 is 1.17 bits per heavy atom. The van der Waals surface area contributed by atoms with Crippen LogP contribution in [0.15, 0.2) is 48.6 Å². The van der Waals surface area contributed by atoms with Crippen molar-refractivity contribution >= 4 is 39.3 Å². The second kappa shape index (κ2) is 15.0. The first-order valence-electron chi connectivity index (χ1n) is 18.6. The van der Waals surface area contributed by atoms with Crippen LogP contribution in [0.1, 0.15) is 55.2 Å². The van der Waals surface area contributed by atoms with E-state index in [0.717, 1.165) is 43.2 Å². The normalized spacial score (nSPS) is 30.6. The minimum atomic E-state index is -4.59. The summed E-state index contributed by atoms with van der Waals surface area (Å²) in [7, 11) is -3.05. The maximum atomic E-state index is 13.6. The van der Waals surface area contributed by atoms with Crippen molar-refractivity contribution in [3.05, 3.63) is 70.3 Å². The topological polar surface area (TPSA) is 155 Å². The molecular formula is C38H48ClF2N5O7S. The van der Waals surface area contributed by atoms with Crippen molar-refractivity contribution in [3.63, 3.8) is 0 Å². The van der Waals surface area contributed by atoms with Gasteiger partial charge in [-0.3, -0.25) is 14.5 Å². The molecule has 3 aliphatic heterocycles. The van der Waals surface area contributed by atoms with E-state index in [2.05, 4.69) is 11.0 Å². The number of aryl methyl sites for hydroxylation is 1. The van der Waals surface area contributed by atoms with Crippen molar-refractivity contribution in [3.8, 4) is 5.75 Å². The number of nitrogens with one attached hydrogen (secondary N) is 1. The molecule has 3 heterocycles. The van der Waals surface area contributed by atoms with E-state index in [9.17, 15) is 31.9 Å². The predicted octanol–water partition coefficient (Wildman–Crippen LogP) is 3.49. The van der Waals surface area contributed by atoms with Crippen LogP contribution in [-0.4, -0.2) is 107 Å². The third kappa shape index (κ3) is 8.12. The smallest absolute Gasteiger partial charge is 0.298 e. The molecule has 54 heavy (non-hydrogen) atoms. The van der Waals surface area contributed by atoms with Crippen LogP contribution in [0, 0.1) is 11.8 Å². The quantitative estimate of drug-likeness (QED) is 0.373. The van der Waals surface area contributed by atoms with Gasteiger partial charge in [0.1, 0.15) is 5.75 Å². The number of nitrogens with zero attached hydrogens (tertiary/aromatic N) is 3. The number of amides is 2. The number of aliphatic hydroxyl groups is 1. The molecule has 1 saturated carbocycles. The minimum absolute atomic E-state index is 0.0134. The van der Waals surface area contributed by atoms with Crippen LogP contribution in [0.2, 0.25) is 5.02 Å². The molecule has 7 rings (SSSR count). The zero-order valence-corrected chi connectivity index (χ0v) is 31.9. The van der Waals surface area contributed by atoms with Crippen LogP contribution < -0.4 is 19.5 Å². The van der Waals surface area contributed by atoms with Crippen LogP contribution in [0.3, 0.4) is 0 Å². The molecule has 0 aromatic heterocycles. The lowest BCUT2D eigenvalue weighted by Crippen LogP contribution is -2.57. The third-order valence-electron chi connectivity index (χ3n) is 11.9. The lowest BCUT2D eigenvalue weighted by Gasteiger charge is -2.46. The highest BCUT2D eigenvalue weighted by molar-refractivity contribution is 7.87. The molecule has 2 aliphatic carbocycles. The number of likely N-dealkylation sites (tertiary alicyclic amines) is 1. The van der Waals surface area contributed by atoms with Gasteiger partial charge in [-0.25, -0.2) is 18.6 Å². The summed E-state index contributed by atoms with van der Waals surface area (Å²) in [5, 5.41) is 17.9. The van der Waals surface area contributed by atoms with Gasteiger partial charge in [0, 0.05) is 43.7 Å². The molecule has 2 aromatic rings. The number of benzene rings is 2. The Hall–Kier alpha value is -3.34. The molecule has 16 heteroatoms. The summed E-state index contributed by atoms with van der Waals surface area (Å²) in [5.74, 6) is -3.79. The summed E-state index contributed by atoms with van der Waals surface area (Å²) in [6, 6.07) is 10.7. The van der Waals surface area contributed by atoms with E-state index >= 15 is 0 Å². The maximum Gasteiger partial charge on any atom is 0.298 e. The first-order valence-corrected chi connectivity index (χ1v) is 20.5. The second-order valence-electron chi connectivity index (χ2n) is 15.7. The number of alkyl halides is 2. The number of rotatable bonds is 6. The Kier molecular flexibility index (Phi) is 10.8. The monoisotopic (exact) mass is 791 g/mol. The molecule has 1 saturated heterocycles. The fourth-order valence-electron chi connectivity index (χ4n) is 8.82. The molecule has 1 spiro atoms. The van der Waals surface area contributed by atoms with Gasteiger partial charge in [0.25, 0.3) is 22.0 Å². The summed E-state index contributed by atoms with van der Waals surface area (Å²) >= 11 is 6.44. The van der Waals surface area contributed by atoms with Gasteiger partial charge >= 0.3 is 0 Å². The zero-order chi connectivity index (χ0) is 38.5. The molecule has 0 radical (unpaired) electrons. The van der Waals surface area contributed by atoms with Crippen molar-refractivity contribution in [2.45, 2.75) is 68.0 Å². The number of nitrogens with two attached hydrogens (primary N) is 1. The highest BCUT2D eigenvalue weighted by atomic mass is 35.5. The predicted molar refractivity (Wildman–Crippen MR) is 199 cm³/mol. The fourth-order valence-corrected chi connectivity index (χ4v) is 9.44. The van der Waals surface area contributed by atoms with Crippen molar-refractivity contribution in [1.82, 2.24) is 14.5 Å². The van der Waals surface area contributed by atoms with E-state index in [4.69, 9.17) is 26.2 Å². The summed E-state index contributed by atoms with van der Waals surface area (Å²) in [6.07, 6.45) is 7.82. The third-order valence-corrected chi connectivity index (χ3v) is 12.6. The van der Waals surface area contributed by atoms with Crippen LogP contribution in [0.5, 0.6) is 5.75 Å². The van der Waals surface area contributed by atoms with Gasteiger partial charge in [-0.15, -0.1) is 0 Å². The van der Waals surface area contributed by atoms with E-state index in [1.807, 2.05) is 24.3 Å². The second-order valence-corrected chi connectivity index (χ2v) is 17.5. The molecule has 294 valence electrons. The SMILES string of the molecule is CN1CC/C=C/[C@H](OCCN2CC(F)(F)C2)[C@@H]2CC[C@H]2CN2C[C@@]3(CCCc4cc(Cl)ccc43)COc3ccc(cc32)[C@@](O)(C(=O)NS(N)(=O)=O)CC1=O. The van der Waals surface area contributed by atoms with Gasteiger partial charge in [0.2, 0.25) is 5.91 Å². The summed E-state index contributed by atoms with van der Waals surface area (Å²) in [4.78, 5) is 32.4. The van der Waals surface area contributed by atoms with Crippen molar-refractivity contribution < 1.29 is 41.4 Å². The number of anilines is 1. The molecule has 0 unspecified atom stereocenters. The molecule has 5 aliphatic rings. The van der Waals surface area contributed by atoms with Crippen LogP contribution in [0.25, 0.3) is 0 Å². The lowest BCUT2D eigenvalue weighted by molar-refractivity contribution is -0.148. The summed E-state index contributed by atoms with van der Waals surface area (Å²) in [5.41, 5.74) is -0.0944. The Bertz CT molecular complexity index is 1910. The summed E-state index contributed by atoms with van der Waals surface area (Å²) in [6.45, 7) is 1.89. The average Bonchev–Trinajstić information content (AvgIpc) is 3.22. The zero-order valence-electron chi connectivity index (χ0n) is 30.3. The molecule has 12 nitrogen and oxygen atoms in total. The van der Waals surface area contributed by atoms with Crippen LogP contribution in [0.4, 0.5) is 14.5 Å². The van der Waals surface area contributed by atoms with E-state index in [1.165, 1.54) is 18.0 Å². The Morgan fingerprint density at radius 2 is 1.96 bits per heavy atom. The average molecular weight is 792 g/mol. The molecule has 4 N–H and O–H groups in total. The van der Waals surface area contributed by atoms with Gasteiger partial charge in [-0.05, 0) is 91.3 Å². The van der Waals surface area contributed by atoms with Crippen molar-refractivity contribution in [2.75, 3.05) is 64.4 Å². The number of carbonyl (C=O) groups excluding carboxylic acids is 2. The van der Waals surface area contributed by atoms with Gasteiger partial charge in [0.05, 0.1) is 44.5 Å². The van der Waals surface area contributed by atoms with Crippen molar-refractivity contribution in [2.24, 2.45) is 17.0 Å². The number of hydrogen-bond acceptors (Lipinski definition) is 9. The molecule has 5 atom stereocenters. The molecular weight excluding hydrogens is 744 g/mol. The lowest BCUT2D eigenvalue weighted by atomic mass is 9.68. The minimum Gasteiger partial charge on any atom is -0.490 e. The van der Waals surface area contributed by atoms with Gasteiger partial charge in [-0.2, -0.15) is 8.42 Å². The largest absolute Gasteiger partial charge is 0.490 e. The Balaban J connectivity index is 1.27. The molecule has 2 bridgehead atoms. The Morgan fingerprint density at radius 3 is 2.69 bits per heavy atom. The molecule has 2 fully saturated rings. The van der Waals surface area contributed by atoms with E-state index in [0.29, 0.717) is 55.7 Å². The first kappa shape index (κ1) is 38.9.